The smallest absolute Gasteiger partial charge is 0.223 e. The standard InChI is InChI=1S/C15H26N2O2/c1-10(6-5-7-11(2)16)15(18)17-13(4)14-9-8-12(3)19-14/h8-11,13H,5-7,16H2,1-4H3,(H,17,18). The molecule has 3 N–H and O–H groups in total. The van der Waals surface area contributed by atoms with E-state index in [1.54, 1.807) is 0 Å². The molecule has 0 fully saturated rings. The van der Waals surface area contributed by atoms with Crippen LogP contribution in [0.5, 0.6) is 0 Å². The van der Waals surface area contributed by atoms with Gasteiger partial charge in [0.2, 0.25) is 5.91 Å². The fraction of sp³-hybridized carbons (Fsp3) is 0.667. The van der Waals surface area contributed by atoms with Crippen LogP contribution in [0.4, 0.5) is 0 Å². The van der Waals surface area contributed by atoms with E-state index in [-0.39, 0.29) is 23.9 Å². The van der Waals surface area contributed by atoms with Crippen LogP contribution in [0.3, 0.4) is 0 Å². The molecule has 0 aromatic carbocycles. The maximum atomic E-state index is 12.0. The molecule has 19 heavy (non-hydrogen) atoms. The third-order valence-electron chi connectivity index (χ3n) is 3.29. The van der Waals surface area contributed by atoms with Crippen molar-refractivity contribution in [3.63, 3.8) is 0 Å². The Kier molecular flexibility index (Phi) is 6.09. The van der Waals surface area contributed by atoms with Crippen molar-refractivity contribution in [2.45, 2.75) is 59.0 Å². The molecule has 4 nitrogen and oxygen atoms in total. The summed E-state index contributed by atoms with van der Waals surface area (Å²) >= 11 is 0. The van der Waals surface area contributed by atoms with Crippen molar-refractivity contribution >= 4 is 5.91 Å². The summed E-state index contributed by atoms with van der Waals surface area (Å²) in [5.74, 6) is 1.75. The van der Waals surface area contributed by atoms with Crippen LogP contribution in [0.15, 0.2) is 16.5 Å². The van der Waals surface area contributed by atoms with Gasteiger partial charge in [-0.25, -0.2) is 0 Å². The fourth-order valence-corrected chi connectivity index (χ4v) is 1.99. The molecule has 1 aromatic heterocycles. The van der Waals surface area contributed by atoms with Gasteiger partial charge in [-0.15, -0.1) is 0 Å². The first kappa shape index (κ1) is 15.8. The predicted molar refractivity (Wildman–Crippen MR) is 76.7 cm³/mol. The van der Waals surface area contributed by atoms with Gasteiger partial charge < -0.3 is 15.5 Å². The third-order valence-corrected chi connectivity index (χ3v) is 3.29. The highest BCUT2D eigenvalue weighted by Gasteiger charge is 2.17. The third kappa shape index (κ3) is 5.47. The first-order valence-corrected chi connectivity index (χ1v) is 7.02. The number of furan rings is 1. The van der Waals surface area contributed by atoms with Crippen molar-refractivity contribution in [1.82, 2.24) is 5.32 Å². The normalized spacial score (nSPS) is 15.8. The molecule has 1 amide bonds. The maximum Gasteiger partial charge on any atom is 0.223 e. The fourth-order valence-electron chi connectivity index (χ4n) is 1.99. The highest BCUT2D eigenvalue weighted by atomic mass is 16.3. The van der Waals surface area contributed by atoms with Crippen LogP contribution >= 0.6 is 0 Å². The molecular weight excluding hydrogens is 240 g/mol. The molecule has 1 heterocycles. The zero-order valence-electron chi connectivity index (χ0n) is 12.4. The van der Waals surface area contributed by atoms with Crippen LogP contribution in [-0.2, 0) is 4.79 Å². The number of rotatable bonds is 7. The summed E-state index contributed by atoms with van der Waals surface area (Å²) in [4.78, 5) is 12.0. The number of carbonyl (C=O) groups is 1. The molecule has 0 spiro atoms. The van der Waals surface area contributed by atoms with Gasteiger partial charge in [0, 0.05) is 12.0 Å². The SMILES string of the molecule is Cc1ccc(C(C)NC(=O)C(C)CCCC(C)N)o1. The molecule has 0 aliphatic rings. The number of nitrogens with two attached hydrogens (primary N) is 1. The Bertz CT molecular complexity index is 399. The number of hydrogen-bond donors (Lipinski definition) is 2. The molecule has 0 aliphatic heterocycles. The summed E-state index contributed by atoms with van der Waals surface area (Å²) in [6, 6.07) is 3.93. The van der Waals surface area contributed by atoms with Gasteiger partial charge in [-0.1, -0.05) is 13.3 Å². The number of carbonyl (C=O) groups excluding carboxylic acids is 1. The van der Waals surface area contributed by atoms with E-state index in [9.17, 15) is 4.79 Å². The van der Waals surface area contributed by atoms with Crippen molar-refractivity contribution in [3.05, 3.63) is 23.7 Å². The quantitative estimate of drug-likeness (QED) is 0.797. The van der Waals surface area contributed by atoms with Gasteiger partial charge in [-0.3, -0.25) is 4.79 Å². The second-order valence-corrected chi connectivity index (χ2v) is 5.49. The van der Waals surface area contributed by atoms with Crippen molar-refractivity contribution < 1.29 is 9.21 Å². The Labute approximate surface area is 115 Å². The molecular formula is C15H26N2O2. The van der Waals surface area contributed by atoms with E-state index in [0.29, 0.717) is 0 Å². The Morgan fingerprint density at radius 1 is 1.32 bits per heavy atom. The van der Waals surface area contributed by atoms with E-state index in [0.717, 1.165) is 30.8 Å². The number of amides is 1. The van der Waals surface area contributed by atoms with Crippen molar-refractivity contribution in [1.29, 1.82) is 0 Å². The van der Waals surface area contributed by atoms with Gasteiger partial charge in [0.1, 0.15) is 11.5 Å². The van der Waals surface area contributed by atoms with Crippen LogP contribution < -0.4 is 11.1 Å². The molecule has 4 heteroatoms. The Balaban J connectivity index is 2.37. The highest BCUT2D eigenvalue weighted by molar-refractivity contribution is 5.78. The molecule has 1 aromatic rings. The van der Waals surface area contributed by atoms with Crippen LogP contribution in [0.1, 0.15) is 57.6 Å². The van der Waals surface area contributed by atoms with Gasteiger partial charge in [-0.2, -0.15) is 0 Å². The molecule has 1 rings (SSSR count). The molecule has 0 saturated carbocycles. The predicted octanol–water partition coefficient (Wildman–Crippen LogP) is 2.92. The van der Waals surface area contributed by atoms with Crippen molar-refractivity contribution in [2.75, 3.05) is 0 Å². The van der Waals surface area contributed by atoms with E-state index in [1.807, 2.05) is 39.8 Å². The summed E-state index contributed by atoms with van der Waals surface area (Å²) in [7, 11) is 0. The van der Waals surface area contributed by atoms with Gasteiger partial charge in [0.15, 0.2) is 0 Å². The van der Waals surface area contributed by atoms with E-state index in [2.05, 4.69) is 5.32 Å². The second-order valence-electron chi connectivity index (χ2n) is 5.49. The highest BCUT2D eigenvalue weighted by Crippen LogP contribution is 2.17. The Morgan fingerprint density at radius 2 is 2.00 bits per heavy atom. The molecule has 3 atom stereocenters. The monoisotopic (exact) mass is 266 g/mol. The van der Waals surface area contributed by atoms with E-state index >= 15 is 0 Å². The summed E-state index contributed by atoms with van der Waals surface area (Å²) in [6.45, 7) is 7.78. The number of nitrogens with one attached hydrogen (secondary N) is 1. The lowest BCUT2D eigenvalue weighted by Gasteiger charge is -2.16. The summed E-state index contributed by atoms with van der Waals surface area (Å²) in [6.07, 6.45) is 2.82. The summed E-state index contributed by atoms with van der Waals surface area (Å²) in [5, 5.41) is 2.98. The van der Waals surface area contributed by atoms with Gasteiger partial charge in [0.25, 0.3) is 0 Å². The minimum atomic E-state index is -0.0860. The topological polar surface area (TPSA) is 68.3 Å². The average molecular weight is 266 g/mol. The lowest BCUT2D eigenvalue weighted by molar-refractivity contribution is -0.125. The van der Waals surface area contributed by atoms with Crippen LogP contribution in [0.25, 0.3) is 0 Å². The first-order chi connectivity index (χ1) is 8.90. The van der Waals surface area contributed by atoms with E-state index in [4.69, 9.17) is 10.2 Å². The molecule has 0 bridgehead atoms. The molecule has 3 unspecified atom stereocenters. The van der Waals surface area contributed by atoms with Crippen LogP contribution in [0.2, 0.25) is 0 Å². The lowest BCUT2D eigenvalue weighted by atomic mass is 10.0. The molecule has 0 radical (unpaired) electrons. The van der Waals surface area contributed by atoms with Gasteiger partial charge in [0.05, 0.1) is 6.04 Å². The first-order valence-electron chi connectivity index (χ1n) is 7.02. The number of aryl methyl sites for hydroxylation is 1. The molecule has 108 valence electrons. The zero-order chi connectivity index (χ0) is 14.4. The van der Waals surface area contributed by atoms with Crippen LogP contribution in [-0.4, -0.2) is 11.9 Å². The molecule has 0 aliphatic carbocycles. The van der Waals surface area contributed by atoms with E-state index < -0.39 is 0 Å². The zero-order valence-corrected chi connectivity index (χ0v) is 12.4. The Hall–Kier alpha value is -1.29. The maximum absolute atomic E-state index is 12.0. The molecule has 0 saturated heterocycles. The minimum absolute atomic E-state index is 0.0114. The average Bonchev–Trinajstić information content (AvgIpc) is 2.75. The van der Waals surface area contributed by atoms with Crippen molar-refractivity contribution in [2.24, 2.45) is 11.7 Å². The lowest BCUT2D eigenvalue weighted by Crippen LogP contribution is -2.31. The Morgan fingerprint density at radius 3 is 2.53 bits per heavy atom. The van der Waals surface area contributed by atoms with E-state index in [1.165, 1.54) is 0 Å². The van der Waals surface area contributed by atoms with Crippen molar-refractivity contribution in [3.8, 4) is 0 Å². The minimum Gasteiger partial charge on any atom is -0.464 e. The summed E-state index contributed by atoms with van der Waals surface area (Å²) < 4.78 is 5.51. The van der Waals surface area contributed by atoms with Gasteiger partial charge >= 0.3 is 0 Å². The van der Waals surface area contributed by atoms with Crippen LogP contribution in [0, 0.1) is 12.8 Å². The second kappa shape index (κ2) is 7.34. The van der Waals surface area contributed by atoms with Gasteiger partial charge in [-0.05, 0) is 45.7 Å². The number of hydrogen-bond acceptors (Lipinski definition) is 3. The summed E-state index contributed by atoms with van der Waals surface area (Å²) in [5.41, 5.74) is 5.70. The largest absolute Gasteiger partial charge is 0.464 e.